The molecule has 7 nitrogen and oxygen atoms in total. The SMILES string of the molecule is CCN(CC)C(=O)c1cccc(NC(=O)CNC(=O)CN)c1.Cl. The molecule has 0 bridgehead atoms. The highest BCUT2D eigenvalue weighted by atomic mass is 35.5. The molecule has 0 saturated heterocycles. The summed E-state index contributed by atoms with van der Waals surface area (Å²) in [5.74, 6) is -0.868. The second kappa shape index (κ2) is 10.6. The molecule has 0 aliphatic carbocycles. The van der Waals surface area contributed by atoms with Gasteiger partial charge < -0.3 is 21.3 Å². The van der Waals surface area contributed by atoms with E-state index in [1.165, 1.54) is 0 Å². The molecule has 1 rings (SSSR count). The molecular formula is C15H23ClN4O3. The third kappa shape index (κ3) is 6.66. The van der Waals surface area contributed by atoms with Gasteiger partial charge in [0.2, 0.25) is 11.8 Å². The second-order valence-electron chi connectivity index (χ2n) is 4.59. The minimum Gasteiger partial charge on any atom is -0.346 e. The Balaban J connectivity index is 0.00000484. The molecule has 0 heterocycles. The number of hydrogen-bond donors (Lipinski definition) is 3. The molecule has 0 aliphatic heterocycles. The van der Waals surface area contributed by atoms with Crippen molar-refractivity contribution in [2.45, 2.75) is 13.8 Å². The van der Waals surface area contributed by atoms with Crippen molar-refractivity contribution in [1.29, 1.82) is 0 Å². The van der Waals surface area contributed by atoms with Crippen LogP contribution < -0.4 is 16.4 Å². The van der Waals surface area contributed by atoms with Crippen molar-refractivity contribution in [3.63, 3.8) is 0 Å². The highest BCUT2D eigenvalue weighted by Crippen LogP contribution is 2.12. The first kappa shape index (κ1) is 20.9. The van der Waals surface area contributed by atoms with E-state index in [0.717, 1.165) is 0 Å². The Hall–Kier alpha value is -2.12. The van der Waals surface area contributed by atoms with E-state index in [2.05, 4.69) is 10.6 Å². The normalized spacial score (nSPS) is 9.52. The molecule has 8 heteroatoms. The molecule has 0 saturated carbocycles. The van der Waals surface area contributed by atoms with Crippen LogP contribution in [-0.2, 0) is 9.59 Å². The maximum absolute atomic E-state index is 12.2. The van der Waals surface area contributed by atoms with Gasteiger partial charge in [0.25, 0.3) is 5.91 Å². The molecule has 23 heavy (non-hydrogen) atoms. The largest absolute Gasteiger partial charge is 0.346 e. The fraction of sp³-hybridized carbons (Fsp3) is 0.400. The van der Waals surface area contributed by atoms with E-state index in [1.807, 2.05) is 13.8 Å². The first-order valence-electron chi connectivity index (χ1n) is 7.17. The molecular weight excluding hydrogens is 320 g/mol. The van der Waals surface area contributed by atoms with Crippen molar-refractivity contribution < 1.29 is 14.4 Å². The minimum absolute atomic E-state index is 0. The molecule has 128 valence electrons. The fourth-order valence-electron chi connectivity index (χ4n) is 1.88. The number of nitrogens with zero attached hydrogens (tertiary/aromatic N) is 1. The molecule has 0 unspecified atom stereocenters. The number of nitrogens with one attached hydrogen (secondary N) is 2. The quantitative estimate of drug-likeness (QED) is 0.675. The van der Waals surface area contributed by atoms with Crippen molar-refractivity contribution in [2.75, 3.05) is 31.5 Å². The summed E-state index contributed by atoms with van der Waals surface area (Å²) >= 11 is 0. The summed E-state index contributed by atoms with van der Waals surface area (Å²) in [6, 6.07) is 6.70. The average Bonchev–Trinajstić information content (AvgIpc) is 2.53. The van der Waals surface area contributed by atoms with Crippen molar-refractivity contribution in [3.8, 4) is 0 Å². The number of carbonyl (C=O) groups is 3. The number of nitrogens with two attached hydrogens (primary N) is 1. The van der Waals surface area contributed by atoms with Crippen molar-refractivity contribution in [1.82, 2.24) is 10.2 Å². The van der Waals surface area contributed by atoms with Gasteiger partial charge in [-0.3, -0.25) is 14.4 Å². The lowest BCUT2D eigenvalue weighted by atomic mass is 10.1. The summed E-state index contributed by atoms with van der Waals surface area (Å²) in [4.78, 5) is 36.6. The molecule has 1 aromatic rings. The van der Waals surface area contributed by atoms with Gasteiger partial charge in [-0.05, 0) is 32.0 Å². The Labute approximate surface area is 142 Å². The van der Waals surface area contributed by atoms with E-state index in [9.17, 15) is 14.4 Å². The Morgan fingerprint density at radius 3 is 2.35 bits per heavy atom. The Kier molecular flexibility index (Phi) is 9.60. The third-order valence-electron chi connectivity index (χ3n) is 3.08. The smallest absolute Gasteiger partial charge is 0.253 e. The maximum atomic E-state index is 12.2. The molecule has 0 radical (unpaired) electrons. The van der Waals surface area contributed by atoms with Gasteiger partial charge in [0.05, 0.1) is 13.1 Å². The summed E-state index contributed by atoms with van der Waals surface area (Å²) in [6.07, 6.45) is 0. The van der Waals surface area contributed by atoms with Crippen LogP contribution in [0.3, 0.4) is 0 Å². The number of amides is 3. The van der Waals surface area contributed by atoms with Crippen LogP contribution in [0.25, 0.3) is 0 Å². The molecule has 0 atom stereocenters. The van der Waals surface area contributed by atoms with Crippen molar-refractivity contribution >= 4 is 35.8 Å². The summed E-state index contributed by atoms with van der Waals surface area (Å²) in [6.45, 7) is 4.74. The standard InChI is InChI=1S/C15H22N4O3.ClH/c1-3-19(4-2)15(22)11-6-5-7-12(8-11)18-14(21)10-17-13(20)9-16;/h5-8H,3-4,9-10,16H2,1-2H3,(H,17,20)(H,18,21);1H. The lowest BCUT2D eigenvalue weighted by Gasteiger charge is -2.19. The zero-order chi connectivity index (χ0) is 16.5. The van der Waals surface area contributed by atoms with Crippen LogP contribution in [0.1, 0.15) is 24.2 Å². The van der Waals surface area contributed by atoms with Crippen LogP contribution in [0, 0.1) is 0 Å². The monoisotopic (exact) mass is 342 g/mol. The van der Waals surface area contributed by atoms with E-state index in [4.69, 9.17) is 5.73 Å². The van der Waals surface area contributed by atoms with E-state index in [1.54, 1.807) is 29.2 Å². The number of hydrogen-bond acceptors (Lipinski definition) is 4. The van der Waals surface area contributed by atoms with E-state index < -0.39 is 5.91 Å². The molecule has 1 aromatic carbocycles. The predicted molar refractivity (Wildman–Crippen MR) is 91.6 cm³/mol. The van der Waals surface area contributed by atoms with Gasteiger partial charge in [-0.2, -0.15) is 0 Å². The average molecular weight is 343 g/mol. The van der Waals surface area contributed by atoms with Crippen molar-refractivity contribution in [2.24, 2.45) is 5.73 Å². The number of rotatable bonds is 7. The first-order valence-corrected chi connectivity index (χ1v) is 7.17. The van der Waals surface area contributed by atoms with Crippen LogP contribution in [-0.4, -0.2) is 48.8 Å². The lowest BCUT2D eigenvalue weighted by molar-refractivity contribution is -0.123. The highest BCUT2D eigenvalue weighted by molar-refractivity contribution is 5.98. The zero-order valence-electron chi connectivity index (χ0n) is 13.3. The van der Waals surface area contributed by atoms with E-state index in [0.29, 0.717) is 24.3 Å². The summed E-state index contributed by atoms with van der Waals surface area (Å²) < 4.78 is 0. The van der Waals surface area contributed by atoms with Crippen LogP contribution in [0.2, 0.25) is 0 Å². The minimum atomic E-state index is -0.402. The summed E-state index contributed by atoms with van der Waals surface area (Å²) in [5.41, 5.74) is 6.14. The van der Waals surface area contributed by atoms with Crippen LogP contribution in [0.4, 0.5) is 5.69 Å². The second-order valence-corrected chi connectivity index (χ2v) is 4.59. The van der Waals surface area contributed by atoms with Gasteiger partial charge in [0, 0.05) is 24.3 Å². The van der Waals surface area contributed by atoms with Gasteiger partial charge in [-0.25, -0.2) is 0 Å². The highest BCUT2D eigenvalue weighted by Gasteiger charge is 2.13. The van der Waals surface area contributed by atoms with Gasteiger partial charge in [-0.15, -0.1) is 12.4 Å². The van der Waals surface area contributed by atoms with Gasteiger partial charge in [0.15, 0.2) is 0 Å². The molecule has 3 amide bonds. The number of halogens is 1. The summed E-state index contributed by atoms with van der Waals surface area (Å²) in [7, 11) is 0. The zero-order valence-corrected chi connectivity index (χ0v) is 14.1. The number of carbonyl (C=O) groups excluding carboxylic acids is 3. The molecule has 0 aromatic heterocycles. The van der Waals surface area contributed by atoms with Crippen LogP contribution in [0.15, 0.2) is 24.3 Å². The number of anilines is 1. The van der Waals surface area contributed by atoms with Crippen LogP contribution >= 0.6 is 12.4 Å². The lowest BCUT2D eigenvalue weighted by Crippen LogP contribution is -2.36. The number of benzene rings is 1. The maximum Gasteiger partial charge on any atom is 0.253 e. The fourth-order valence-corrected chi connectivity index (χ4v) is 1.88. The molecule has 0 fully saturated rings. The van der Waals surface area contributed by atoms with Gasteiger partial charge in [0.1, 0.15) is 0 Å². The van der Waals surface area contributed by atoms with Crippen molar-refractivity contribution in [3.05, 3.63) is 29.8 Å². The van der Waals surface area contributed by atoms with E-state index >= 15 is 0 Å². The Morgan fingerprint density at radius 1 is 1.13 bits per heavy atom. The first-order chi connectivity index (χ1) is 10.5. The van der Waals surface area contributed by atoms with E-state index in [-0.39, 0.29) is 37.3 Å². The molecule has 0 aliphatic rings. The van der Waals surface area contributed by atoms with Gasteiger partial charge >= 0.3 is 0 Å². The van der Waals surface area contributed by atoms with Crippen LogP contribution in [0.5, 0.6) is 0 Å². The van der Waals surface area contributed by atoms with Gasteiger partial charge in [-0.1, -0.05) is 6.07 Å². The Morgan fingerprint density at radius 2 is 1.78 bits per heavy atom. The topological polar surface area (TPSA) is 105 Å². The summed E-state index contributed by atoms with van der Waals surface area (Å²) in [5, 5.41) is 5.00. The molecule has 0 spiro atoms. The third-order valence-corrected chi connectivity index (χ3v) is 3.08. The Bertz CT molecular complexity index is 547. The molecule has 4 N–H and O–H groups in total. The predicted octanol–water partition coefficient (Wildman–Crippen LogP) is 0.604.